The van der Waals surface area contributed by atoms with Crippen molar-refractivity contribution in [2.75, 3.05) is 13.2 Å². The van der Waals surface area contributed by atoms with Crippen LogP contribution in [0.3, 0.4) is 0 Å². The fourth-order valence-corrected chi connectivity index (χ4v) is 5.04. The van der Waals surface area contributed by atoms with Crippen LogP contribution in [0.25, 0.3) is 0 Å². The molecule has 5 heteroatoms. The molecule has 0 aromatic rings. The van der Waals surface area contributed by atoms with Crippen LogP contribution >= 0.6 is 0 Å². The Hall–Kier alpha value is -3.44. The third-order valence-electron chi connectivity index (χ3n) is 8.06. The van der Waals surface area contributed by atoms with Crippen molar-refractivity contribution in [3.63, 3.8) is 0 Å². The van der Waals surface area contributed by atoms with Gasteiger partial charge in [-0.15, -0.1) is 0 Å². The maximum atomic E-state index is 12.2. The lowest BCUT2D eigenvalue weighted by Gasteiger charge is -2.15. The molecule has 52 heavy (non-hydrogen) atoms. The number of hydrogen-bond acceptors (Lipinski definition) is 5. The third kappa shape index (κ3) is 39.3. The second-order valence-electron chi connectivity index (χ2n) is 12.9. The summed E-state index contributed by atoms with van der Waals surface area (Å²) in [5, 5.41) is 9.57. The molecule has 0 aliphatic carbocycles. The number of aliphatic hydroxyl groups excluding tert-OH is 1. The fraction of sp³-hybridized carbons (Fsp3) is 0.574. The highest BCUT2D eigenvalue weighted by molar-refractivity contribution is 5.70. The van der Waals surface area contributed by atoms with E-state index in [1.54, 1.807) is 0 Å². The number of esters is 2. The molecule has 0 aromatic carbocycles. The van der Waals surface area contributed by atoms with Crippen LogP contribution in [-0.4, -0.2) is 36.4 Å². The Kier molecular flexibility index (Phi) is 39.2. The minimum absolute atomic E-state index is 0.0948. The first-order valence-corrected chi connectivity index (χ1v) is 20.4. The summed E-state index contributed by atoms with van der Waals surface area (Å²) < 4.78 is 10.6. The summed E-state index contributed by atoms with van der Waals surface area (Å²) >= 11 is 0. The van der Waals surface area contributed by atoms with Gasteiger partial charge in [0.15, 0.2) is 6.10 Å². The smallest absolute Gasteiger partial charge is 0.306 e. The van der Waals surface area contributed by atoms with E-state index >= 15 is 0 Å². The van der Waals surface area contributed by atoms with Gasteiger partial charge in [0.05, 0.1) is 6.61 Å². The van der Waals surface area contributed by atoms with E-state index in [0.29, 0.717) is 12.8 Å². The highest BCUT2D eigenvalue weighted by Crippen LogP contribution is 2.11. The van der Waals surface area contributed by atoms with Crippen molar-refractivity contribution in [1.82, 2.24) is 0 Å². The standard InChI is InChI=1S/C47H74O5/c1-3-5-7-9-11-13-15-17-19-21-23-25-27-29-31-33-35-37-39-41-46(49)51-44-45(43-48)52-47(50)42-40-38-36-34-32-30-28-26-24-22-20-18-16-14-12-10-8-6-4-2/h5-8,11-14,17-20,23-26,30,32,45,48H,3-4,9-10,15-16,21-22,27-29,31,33-44H2,1-2H3/b7-5-,8-6-,13-11-,14-12-,19-17-,20-18-,25-23-,26-24-,32-30-. The number of hydrogen-bond donors (Lipinski definition) is 1. The SMILES string of the molecule is CC/C=C\C/C=C\C/C=C\C/C=C\C/C=C\CCCCCC(=O)OC(CO)COC(=O)CCCCCCCC/C=C\C/C=C\C/C=C\C/C=C\CC. The van der Waals surface area contributed by atoms with Gasteiger partial charge in [0, 0.05) is 12.8 Å². The molecule has 0 rings (SSSR count). The molecule has 5 nitrogen and oxygen atoms in total. The Balaban J connectivity index is 3.69. The number of unbranched alkanes of at least 4 members (excludes halogenated alkanes) is 9. The first-order valence-electron chi connectivity index (χ1n) is 20.4. The topological polar surface area (TPSA) is 72.8 Å². The average Bonchev–Trinajstić information content (AvgIpc) is 3.15. The van der Waals surface area contributed by atoms with Gasteiger partial charge in [0.2, 0.25) is 0 Å². The fourth-order valence-electron chi connectivity index (χ4n) is 5.04. The molecule has 1 atom stereocenters. The van der Waals surface area contributed by atoms with Crippen LogP contribution in [-0.2, 0) is 19.1 Å². The Morgan fingerprint density at radius 3 is 1.17 bits per heavy atom. The summed E-state index contributed by atoms with van der Waals surface area (Å²) in [5.41, 5.74) is 0. The lowest BCUT2D eigenvalue weighted by molar-refractivity contribution is -0.161. The van der Waals surface area contributed by atoms with Gasteiger partial charge in [0.1, 0.15) is 6.61 Å². The maximum absolute atomic E-state index is 12.2. The molecule has 0 bridgehead atoms. The third-order valence-corrected chi connectivity index (χ3v) is 8.06. The normalized spacial score (nSPS) is 13.4. The number of carbonyl (C=O) groups is 2. The van der Waals surface area contributed by atoms with Crippen LogP contribution in [0.2, 0.25) is 0 Å². The van der Waals surface area contributed by atoms with Gasteiger partial charge in [-0.3, -0.25) is 9.59 Å². The zero-order valence-electron chi connectivity index (χ0n) is 33.0. The summed E-state index contributed by atoms with van der Waals surface area (Å²) in [6.45, 7) is 3.85. The van der Waals surface area contributed by atoms with Crippen LogP contribution in [0.4, 0.5) is 0 Å². The molecule has 0 aliphatic heterocycles. The summed E-state index contributed by atoms with van der Waals surface area (Å²) in [4.78, 5) is 24.3. The molecule has 0 aromatic heterocycles. The molecule has 0 fully saturated rings. The van der Waals surface area contributed by atoms with Crippen molar-refractivity contribution in [1.29, 1.82) is 0 Å². The van der Waals surface area contributed by atoms with E-state index in [0.717, 1.165) is 109 Å². The van der Waals surface area contributed by atoms with Crippen molar-refractivity contribution >= 4 is 11.9 Å². The van der Waals surface area contributed by atoms with E-state index in [-0.39, 0.29) is 25.2 Å². The van der Waals surface area contributed by atoms with Crippen molar-refractivity contribution in [3.8, 4) is 0 Å². The van der Waals surface area contributed by atoms with Crippen molar-refractivity contribution in [2.24, 2.45) is 0 Å². The van der Waals surface area contributed by atoms with Crippen LogP contribution in [0.1, 0.15) is 155 Å². The van der Waals surface area contributed by atoms with E-state index in [4.69, 9.17) is 9.47 Å². The van der Waals surface area contributed by atoms with E-state index in [1.165, 1.54) is 19.3 Å². The Morgan fingerprint density at radius 2 is 0.769 bits per heavy atom. The van der Waals surface area contributed by atoms with Gasteiger partial charge in [-0.1, -0.05) is 155 Å². The minimum atomic E-state index is -0.803. The monoisotopic (exact) mass is 719 g/mol. The number of carbonyl (C=O) groups excluding carboxylic acids is 2. The quantitative estimate of drug-likeness (QED) is 0.0401. The second-order valence-corrected chi connectivity index (χ2v) is 12.9. The van der Waals surface area contributed by atoms with Crippen LogP contribution < -0.4 is 0 Å². The molecule has 0 radical (unpaired) electrons. The van der Waals surface area contributed by atoms with Crippen LogP contribution in [0.15, 0.2) is 109 Å². The van der Waals surface area contributed by atoms with Crippen molar-refractivity contribution in [3.05, 3.63) is 109 Å². The van der Waals surface area contributed by atoms with Gasteiger partial charge in [0.25, 0.3) is 0 Å². The second kappa shape index (κ2) is 42.0. The van der Waals surface area contributed by atoms with Gasteiger partial charge >= 0.3 is 11.9 Å². The van der Waals surface area contributed by atoms with E-state index in [2.05, 4.69) is 123 Å². The lowest BCUT2D eigenvalue weighted by Crippen LogP contribution is -2.28. The first kappa shape index (κ1) is 48.6. The molecule has 0 spiro atoms. The summed E-state index contributed by atoms with van der Waals surface area (Å²) in [5.74, 6) is -0.657. The zero-order chi connectivity index (χ0) is 37.8. The molecule has 0 amide bonds. The Bertz CT molecular complexity index is 1090. The largest absolute Gasteiger partial charge is 0.462 e. The molecule has 1 unspecified atom stereocenters. The Labute approximate surface area is 319 Å². The predicted molar refractivity (Wildman–Crippen MR) is 223 cm³/mol. The molecular weight excluding hydrogens is 645 g/mol. The van der Waals surface area contributed by atoms with Crippen molar-refractivity contribution in [2.45, 2.75) is 161 Å². The lowest BCUT2D eigenvalue weighted by atomic mass is 10.1. The van der Waals surface area contributed by atoms with Crippen LogP contribution in [0.5, 0.6) is 0 Å². The first-order chi connectivity index (χ1) is 25.6. The van der Waals surface area contributed by atoms with Gasteiger partial charge in [-0.05, 0) is 96.3 Å². The molecule has 0 saturated heterocycles. The zero-order valence-corrected chi connectivity index (χ0v) is 33.0. The number of aliphatic hydroxyl groups is 1. The number of ether oxygens (including phenoxy) is 2. The highest BCUT2D eigenvalue weighted by Gasteiger charge is 2.16. The number of allylic oxidation sites excluding steroid dienone is 18. The molecule has 292 valence electrons. The highest BCUT2D eigenvalue weighted by atomic mass is 16.6. The van der Waals surface area contributed by atoms with Gasteiger partial charge in [-0.25, -0.2) is 0 Å². The summed E-state index contributed by atoms with van der Waals surface area (Å²) in [6.07, 6.45) is 60.0. The van der Waals surface area contributed by atoms with Gasteiger partial charge in [-0.2, -0.15) is 0 Å². The summed E-state index contributed by atoms with van der Waals surface area (Å²) in [7, 11) is 0. The predicted octanol–water partition coefficient (Wildman–Crippen LogP) is 13.1. The number of rotatable bonds is 35. The molecule has 0 aliphatic rings. The molecule has 0 saturated carbocycles. The maximum Gasteiger partial charge on any atom is 0.306 e. The molecular formula is C47H74O5. The average molecular weight is 719 g/mol. The summed E-state index contributed by atoms with van der Waals surface area (Å²) in [6, 6.07) is 0. The van der Waals surface area contributed by atoms with Gasteiger partial charge < -0.3 is 14.6 Å². The van der Waals surface area contributed by atoms with Crippen molar-refractivity contribution < 1.29 is 24.2 Å². The molecule has 1 N–H and O–H groups in total. The van der Waals surface area contributed by atoms with E-state index < -0.39 is 6.10 Å². The van der Waals surface area contributed by atoms with Crippen LogP contribution in [0, 0.1) is 0 Å². The Morgan fingerprint density at radius 1 is 0.442 bits per heavy atom. The minimum Gasteiger partial charge on any atom is -0.462 e. The van der Waals surface area contributed by atoms with E-state index in [9.17, 15) is 14.7 Å². The molecule has 0 heterocycles. The van der Waals surface area contributed by atoms with E-state index in [1.807, 2.05) is 0 Å².